The predicted octanol–water partition coefficient (Wildman–Crippen LogP) is 4.20. The highest BCUT2D eigenvalue weighted by Crippen LogP contribution is 2.33. The summed E-state index contributed by atoms with van der Waals surface area (Å²) in [6.45, 7) is 2.33. The summed E-state index contributed by atoms with van der Waals surface area (Å²) >= 11 is 0. The molecule has 4 nitrogen and oxygen atoms in total. The third kappa shape index (κ3) is 2.46. The zero-order chi connectivity index (χ0) is 16.5. The fourth-order valence-electron chi connectivity index (χ4n) is 2.97. The van der Waals surface area contributed by atoms with Gasteiger partial charge in [0.15, 0.2) is 11.5 Å². The number of fused-ring (bicyclic) bond motifs is 1. The van der Waals surface area contributed by atoms with Crippen molar-refractivity contribution in [1.82, 2.24) is 4.98 Å². The lowest BCUT2D eigenvalue weighted by atomic mass is 10.0. The molecule has 0 bridgehead atoms. The van der Waals surface area contributed by atoms with Gasteiger partial charge in [-0.3, -0.25) is 4.79 Å². The Bertz CT molecular complexity index is 911. The Labute approximate surface area is 140 Å². The van der Waals surface area contributed by atoms with Crippen LogP contribution in [-0.2, 0) is 6.42 Å². The van der Waals surface area contributed by atoms with E-state index in [9.17, 15) is 4.79 Å². The van der Waals surface area contributed by atoms with E-state index >= 15 is 0 Å². The molecule has 4 heteroatoms. The van der Waals surface area contributed by atoms with Crippen LogP contribution in [0.25, 0.3) is 11.3 Å². The molecule has 0 saturated carbocycles. The van der Waals surface area contributed by atoms with E-state index in [4.69, 9.17) is 9.47 Å². The van der Waals surface area contributed by atoms with Crippen molar-refractivity contribution in [2.45, 2.75) is 13.3 Å². The first kappa shape index (κ1) is 14.6. The van der Waals surface area contributed by atoms with E-state index in [-0.39, 0.29) is 12.6 Å². The molecule has 1 aliphatic heterocycles. The average molecular weight is 319 g/mol. The van der Waals surface area contributed by atoms with Gasteiger partial charge < -0.3 is 14.5 Å². The Morgan fingerprint density at radius 3 is 2.75 bits per heavy atom. The Kier molecular flexibility index (Phi) is 3.58. The zero-order valence-corrected chi connectivity index (χ0v) is 13.3. The van der Waals surface area contributed by atoms with Gasteiger partial charge in [0.1, 0.15) is 0 Å². The number of aromatic nitrogens is 1. The predicted molar refractivity (Wildman–Crippen MR) is 91.6 cm³/mol. The molecule has 2 heterocycles. The lowest BCUT2D eigenvalue weighted by molar-refractivity contribution is 0.103. The molecular formula is C20H17NO3. The molecule has 1 N–H and O–H groups in total. The van der Waals surface area contributed by atoms with Crippen LogP contribution in [0.5, 0.6) is 11.5 Å². The molecule has 24 heavy (non-hydrogen) atoms. The number of hydrogen-bond acceptors (Lipinski definition) is 3. The van der Waals surface area contributed by atoms with Crippen molar-refractivity contribution >= 4 is 5.78 Å². The van der Waals surface area contributed by atoms with Crippen molar-refractivity contribution in [2.75, 3.05) is 6.79 Å². The van der Waals surface area contributed by atoms with Crippen LogP contribution in [0, 0.1) is 0 Å². The summed E-state index contributed by atoms with van der Waals surface area (Å²) in [5.41, 5.74) is 4.48. The van der Waals surface area contributed by atoms with Crippen LogP contribution in [0.3, 0.4) is 0 Å². The Morgan fingerprint density at radius 2 is 1.88 bits per heavy atom. The summed E-state index contributed by atoms with van der Waals surface area (Å²) in [6, 6.07) is 17.3. The second kappa shape index (κ2) is 5.89. The molecule has 120 valence electrons. The number of hydrogen-bond donors (Lipinski definition) is 1. The second-order valence-corrected chi connectivity index (χ2v) is 5.69. The number of nitrogens with one attached hydrogen (secondary N) is 1. The van der Waals surface area contributed by atoms with Gasteiger partial charge in [-0.25, -0.2) is 0 Å². The van der Waals surface area contributed by atoms with Gasteiger partial charge in [0.05, 0.1) is 5.69 Å². The maximum atomic E-state index is 12.7. The molecule has 0 fully saturated rings. The van der Waals surface area contributed by atoms with Gasteiger partial charge in [0, 0.05) is 16.8 Å². The quantitative estimate of drug-likeness (QED) is 0.733. The van der Waals surface area contributed by atoms with Crippen molar-refractivity contribution in [3.8, 4) is 22.8 Å². The number of benzene rings is 2. The number of H-pyrrole nitrogens is 1. The zero-order valence-electron chi connectivity index (χ0n) is 13.3. The normalized spacial score (nSPS) is 12.4. The minimum absolute atomic E-state index is 0.0615. The lowest BCUT2D eigenvalue weighted by Crippen LogP contribution is -2.01. The second-order valence-electron chi connectivity index (χ2n) is 5.69. The van der Waals surface area contributed by atoms with E-state index in [1.807, 2.05) is 24.3 Å². The van der Waals surface area contributed by atoms with Crippen molar-refractivity contribution < 1.29 is 14.3 Å². The van der Waals surface area contributed by atoms with E-state index in [0.29, 0.717) is 22.8 Å². The molecule has 0 aliphatic carbocycles. The van der Waals surface area contributed by atoms with Crippen LogP contribution in [0.2, 0.25) is 0 Å². The largest absolute Gasteiger partial charge is 0.454 e. The Balaban J connectivity index is 1.66. The maximum Gasteiger partial charge on any atom is 0.231 e. The number of aryl methyl sites for hydroxylation is 1. The molecule has 0 unspecified atom stereocenters. The number of carbonyl (C=O) groups excluding carboxylic acids is 1. The van der Waals surface area contributed by atoms with Gasteiger partial charge in [-0.15, -0.1) is 0 Å². The van der Waals surface area contributed by atoms with Crippen LogP contribution in [0.1, 0.15) is 28.5 Å². The first-order valence-corrected chi connectivity index (χ1v) is 7.98. The van der Waals surface area contributed by atoms with Crippen molar-refractivity contribution in [2.24, 2.45) is 0 Å². The third-order valence-corrected chi connectivity index (χ3v) is 4.25. The van der Waals surface area contributed by atoms with Gasteiger partial charge >= 0.3 is 0 Å². The van der Waals surface area contributed by atoms with E-state index in [2.05, 4.69) is 24.0 Å². The van der Waals surface area contributed by atoms with Crippen LogP contribution in [-0.4, -0.2) is 17.6 Å². The molecule has 0 radical (unpaired) electrons. The minimum Gasteiger partial charge on any atom is -0.454 e. The molecular weight excluding hydrogens is 302 g/mol. The molecule has 0 spiro atoms. The Morgan fingerprint density at radius 1 is 1.04 bits per heavy atom. The molecule has 2 aromatic carbocycles. The monoisotopic (exact) mass is 319 g/mol. The highest BCUT2D eigenvalue weighted by molar-refractivity contribution is 6.08. The number of aromatic amines is 1. The summed E-state index contributed by atoms with van der Waals surface area (Å²) in [7, 11) is 0. The summed E-state index contributed by atoms with van der Waals surface area (Å²) in [5.74, 6) is 1.23. The van der Waals surface area contributed by atoms with Gasteiger partial charge in [0.2, 0.25) is 12.6 Å². The first-order chi connectivity index (χ1) is 11.8. The molecule has 4 rings (SSSR count). The smallest absolute Gasteiger partial charge is 0.231 e. The highest BCUT2D eigenvalue weighted by Gasteiger charge is 2.18. The van der Waals surface area contributed by atoms with Crippen LogP contribution in [0.15, 0.2) is 54.6 Å². The molecule has 0 amide bonds. The molecule has 1 aliphatic rings. The lowest BCUT2D eigenvalue weighted by Gasteiger charge is -2.05. The van der Waals surface area contributed by atoms with E-state index in [1.165, 1.54) is 5.56 Å². The van der Waals surface area contributed by atoms with Crippen LogP contribution >= 0.6 is 0 Å². The standard InChI is InChI=1S/C20H17NO3/c1-2-13-5-3-4-6-15(13)16-8-9-17(21-16)20(22)14-7-10-18-19(11-14)24-12-23-18/h3-11,21H,2,12H2,1H3. The Hall–Kier alpha value is -3.01. The average Bonchev–Trinajstić information content (AvgIpc) is 3.29. The number of ether oxygens (including phenoxy) is 2. The fourth-order valence-corrected chi connectivity index (χ4v) is 2.97. The topological polar surface area (TPSA) is 51.3 Å². The van der Waals surface area contributed by atoms with Gasteiger partial charge in [0.25, 0.3) is 0 Å². The van der Waals surface area contributed by atoms with E-state index in [1.54, 1.807) is 18.2 Å². The minimum atomic E-state index is -0.0615. The van der Waals surface area contributed by atoms with Gasteiger partial charge in [-0.1, -0.05) is 31.2 Å². The van der Waals surface area contributed by atoms with Gasteiger partial charge in [-0.2, -0.15) is 0 Å². The first-order valence-electron chi connectivity index (χ1n) is 7.98. The van der Waals surface area contributed by atoms with E-state index < -0.39 is 0 Å². The molecule has 1 aromatic heterocycles. The number of rotatable bonds is 4. The van der Waals surface area contributed by atoms with E-state index in [0.717, 1.165) is 17.7 Å². The van der Waals surface area contributed by atoms with Crippen molar-refractivity contribution in [3.63, 3.8) is 0 Å². The van der Waals surface area contributed by atoms with Gasteiger partial charge in [-0.05, 0) is 42.3 Å². The summed E-state index contributed by atoms with van der Waals surface area (Å²) in [6.07, 6.45) is 0.945. The third-order valence-electron chi connectivity index (χ3n) is 4.25. The highest BCUT2D eigenvalue weighted by atomic mass is 16.7. The van der Waals surface area contributed by atoms with Crippen LogP contribution in [0.4, 0.5) is 0 Å². The fraction of sp³-hybridized carbons (Fsp3) is 0.150. The SMILES string of the molecule is CCc1ccccc1-c1ccc(C(=O)c2ccc3c(c2)OCO3)[nH]1. The molecule has 0 saturated heterocycles. The summed E-state index contributed by atoms with van der Waals surface area (Å²) in [5, 5.41) is 0. The molecule has 0 atom stereocenters. The number of ketones is 1. The summed E-state index contributed by atoms with van der Waals surface area (Å²) < 4.78 is 10.6. The maximum absolute atomic E-state index is 12.7. The summed E-state index contributed by atoms with van der Waals surface area (Å²) in [4.78, 5) is 16.0. The van der Waals surface area contributed by atoms with Crippen molar-refractivity contribution in [1.29, 1.82) is 0 Å². The van der Waals surface area contributed by atoms with Crippen LogP contribution < -0.4 is 9.47 Å². The van der Waals surface area contributed by atoms with Crippen molar-refractivity contribution in [3.05, 3.63) is 71.4 Å². The number of carbonyl (C=O) groups is 1. The molecule has 3 aromatic rings.